The van der Waals surface area contributed by atoms with E-state index >= 15 is 0 Å². The number of likely N-dealkylation sites (tertiary alicyclic amines) is 1. The zero-order valence-electron chi connectivity index (χ0n) is 21.0. The molecule has 182 valence electrons. The number of hydrogen-bond acceptors (Lipinski definition) is 7. The van der Waals surface area contributed by atoms with Crippen molar-refractivity contribution in [1.29, 1.82) is 0 Å². The molecule has 3 aromatic rings. The number of carbonyl (C=O) groups is 1. The Morgan fingerprint density at radius 1 is 1.03 bits per heavy atom. The number of amides is 1. The summed E-state index contributed by atoms with van der Waals surface area (Å²) in [5.74, 6) is 1.58. The number of hydrogen-bond donors (Lipinski definition) is 2. The lowest BCUT2D eigenvalue weighted by atomic mass is 9.95. The minimum Gasteiger partial charge on any atom is -0.350 e. The van der Waals surface area contributed by atoms with E-state index in [0.717, 1.165) is 47.1 Å². The highest BCUT2D eigenvalue weighted by molar-refractivity contribution is 5.94. The summed E-state index contributed by atoms with van der Waals surface area (Å²) in [5.41, 5.74) is 4.08. The fourth-order valence-corrected chi connectivity index (χ4v) is 4.81. The molecule has 0 radical (unpaired) electrons. The van der Waals surface area contributed by atoms with Crippen molar-refractivity contribution in [3.05, 3.63) is 54.4 Å². The lowest BCUT2D eigenvalue weighted by Gasteiger charge is -2.33. The molecule has 4 heterocycles. The molecule has 2 aromatic heterocycles. The third-order valence-corrected chi connectivity index (χ3v) is 6.87. The summed E-state index contributed by atoms with van der Waals surface area (Å²) >= 11 is 0. The van der Waals surface area contributed by atoms with E-state index in [0.29, 0.717) is 18.0 Å². The Kier molecular flexibility index (Phi) is 5.92. The van der Waals surface area contributed by atoms with Crippen LogP contribution in [0.15, 0.2) is 48.8 Å². The summed E-state index contributed by atoms with van der Waals surface area (Å²) in [5, 5.41) is 6.25. The quantitative estimate of drug-likeness (QED) is 0.568. The second-order valence-electron chi connectivity index (χ2n) is 10.7. The molecule has 35 heavy (non-hydrogen) atoms. The third-order valence-electron chi connectivity index (χ3n) is 6.87. The molecule has 1 amide bonds. The number of carbonyl (C=O) groups excluding carboxylic acids is 1. The van der Waals surface area contributed by atoms with Crippen LogP contribution in [-0.2, 0) is 4.79 Å². The fraction of sp³-hybridized carbons (Fsp3) is 0.407. The van der Waals surface area contributed by atoms with Gasteiger partial charge < -0.3 is 15.5 Å². The average Bonchev–Trinajstić information content (AvgIpc) is 3.39. The van der Waals surface area contributed by atoms with E-state index in [2.05, 4.69) is 50.4 Å². The van der Waals surface area contributed by atoms with Crippen molar-refractivity contribution in [2.24, 2.45) is 5.41 Å². The van der Waals surface area contributed by atoms with Crippen LogP contribution in [0.2, 0.25) is 0 Å². The summed E-state index contributed by atoms with van der Waals surface area (Å²) in [7, 11) is 2.21. The summed E-state index contributed by atoms with van der Waals surface area (Å²) in [6.45, 7) is 9.95. The van der Waals surface area contributed by atoms with Crippen molar-refractivity contribution in [3.8, 4) is 11.3 Å². The molecule has 2 atom stereocenters. The fourth-order valence-electron chi connectivity index (χ4n) is 4.81. The van der Waals surface area contributed by atoms with E-state index in [1.54, 1.807) is 6.20 Å². The summed E-state index contributed by atoms with van der Waals surface area (Å²) in [6, 6.07) is 12.9. The predicted molar refractivity (Wildman–Crippen MR) is 140 cm³/mol. The molecule has 8 nitrogen and oxygen atoms in total. The Morgan fingerprint density at radius 2 is 1.80 bits per heavy atom. The van der Waals surface area contributed by atoms with Gasteiger partial charge in [-0.1, -0.05) is 32.9 Å². The van der Waals surface area contributed by atoms with Gasteiger partial charge in [0.15, 0.2) is 0 Å². The molecule has 8 heteroatoms. The first kappa shape index (κ1) is 23.2. The van der Waals surface area contributed by atoms with Crippen LogP contribution in [0.3, 0.4) is 0 Å². The summed E-state index contributed by atoms with van der Waals surface area (Å²) < 4.78 is 0. The molecule has 2 aliphatic heterocycles. The number of piperazine rings is 1. The van der Waals surface area contributed by atoms with Crippen LogP contribution < -0.4 is 15.5 Å². The normalized spacial score (nSPS) is 19.7. The van der Waals surface area contributed by atoms with Gasteiger partial charge >= 0.3 is 0 Å². The molecule has 2 bridgehead atoms. The number of anilines is 4. The van der Waals surface area contributed by atoms with Gasteiger partial charge in [-0.05, 0) is 50.2 Å². The van der Waals surface area contributed by atoms with Gasteiger partial charge in [0.1, 0.15) is 5.82 Å². The van der Waals surface area contributed by atoms with E-state index in [-0.39, 0.29) is 5.91 Å². The van der Waals surface area contributed by atoms with Gasteiger partial charge in [-0.2, -0.15) is 0 Å². The molecular weight excluding hydrogens is 438 g/mol. The Bertz CT molecular complexity index is 1230. The van der Waals surface area contributed by atoms with Crippen LogP contribution in [0, 0.1) is 12.3 Å². The van der Waals surface area contributed by atoms with E-state index < -0.39 is 5.41 Å². The predicted octanol–water partition coefficient (Wildman–Crippen LogP) is 4.47. The van der Waals surface area contributed by atoms with E-state index in [9.17, 15) is 4.79 Å². The molecule has 2 fully saturated rings. The number of nitrogens with zero attached hydrogens (tertiary/aromatic N) is 5. The van der Waals surface area contributed by atoms with Crippen LogP contribution in [0.25, 0.3) is 11.3 Å². The second-order valence-corrected chi connectivity index (χ2v) is 10.7. The van der Waals surface area contributed by atoms with Gasteiger partial charge in [-0.15, -0.1) is 0 Å². The molecule has 2 saturated heterocycles. The Labute approximate surface area is 206 Å². The number of pyridine rings is 1. The topological polar surface area (TPSA) is 86.3 Å². The molecule has 0 spiro atoms. The SMILES string of the molecule is Cc1cc(Nc2nccc(-c3ccc(NC(=O)C(C)(C)C)cc3)n2)cnc1N1CC2CC1CN2C. The number of benzene rings is 1. The summed E-state index contributed by atoms with van der Waals surface area (Å²) in [6.07, 6.45) is 4.83. The van der Waals surface area contributed by atoms with Gasteiger partial charge in [0.05, 0.1) is 17.6 Å². The highest BCUT2D eigenvalue weighted by Crippen LogP contribution is 2.35. The van der Waals surface area contributed by atoms with Crippen molar-refractivity contribution in [2.75, 3.05) is 35.7 Å². The minimum atomic E-state index is -0.442. The highest BCUT2D eigenvalue weighted by atomic mass is 16.2. The van der Waals surface area contributed by atoms with Crippen LogP contribution in [0.5, 0.6) is 0 Å². The van der Waals surface area contributed by atoms with Crippen molar-refractivity contribution in [1.82, 2.24) is 19.9 Å². The third kappa shape index (κ3) is 4.84. The van der Waals surface area contributed by atoms with E-state index in [1.807, 2.05) is 57.3 Å². The van der Waals surface area contributed by atoms with Crippen molar-refractivity contribution >= 4 is 29.0 Å². The molecule has 2 aliphatic rings. The molecule has 5 rings (SSSR count). The van der Waals surface area contributed by atoms with Crippen LogP contribution in [0.1, 0.15) is 32.8 Å². The van der Waals surface area contributed by atoms with Crippen LogP contribution >= 0.6 is 0 Å². The number of aryl methyl sites for hydroxylation is 1. The molecule has 1 aromatic carbocycles. The number of nitrogens with one attached hydrogen (secondary N) is 2. The maximum absolute atomic E-state index is 12.2. The Morgan fingerprint density at radius 3 is 2.43 bits per heavy atom. The first-order chi connectivity index (χ1) is 16.7. The lowest BCUT2D eigenvalue weighted by molar-refractivity contribution is -0.123. The average molecular weight is 472 g/mol. The number of fused-ring (bicyclic) bond motifs is 2. The van der Waals surface area contributed by atoms with E-state index in [4.69, 9.17) is 4.98 Å². The zero-order valence-corrected chi connectivity index (χ0v) is 21.0. The Hall–Kier alpha value is -3.52. The van der Waals surface area contributed by atoms with Gasteiger partial charge in [0.2, 0.25) is 11.9 Å². The molecule has 2 N–H and O–H groups in total. The smallest absolute Gasteiger partial charge is 0.229 e. The summed E-state index contributed by atoms with van der Waals surface area (Å²) in [4.78, 5) is 31.0. The van der Waals surface area contributed by atoms with Crippen molar-refractivity contribution in [3.63, 3.8) is 0 Å². The van der Waals surface area contributed by atoms with Crippen molar-refractivity contribution in [2.45, 2.75) is 46.2 Å². The molecule has 0 saturated carbocycles. The maximum Gasteiger partial charge on any atom is 0.229 e. The van der Waals surface area contributed by atoms with Gasteiger partial charge in [-0.25, -0.2) is 15.0 Å². The zero-order chi connectivity index (χ0) is 24.7. The van der Waals surface area contributed by atoms with Crippen molar-refractivity contribution < 1.29 is 4.79 Å². The van der Waals surface area contributed by atoms with Gasteiger partial charge in [-0.3, -0.25) is 9.69 Å². The largest absolute Gasteiger partial charge is 0.350 e. The first-order valence-electron chi connectivity index (χ1n) is 12.1. The second kappa shape index (κ2) is 8.92. The number of likely N-dealkylation sites (N-methyl/N-ethyl adjacent to an activating group) is 1. The number of aromatic nitrogens is 3. The molecule has 0 aliphatic carbocycles. The molecule has 2 unspecified atom stereocenters. The van der Waals surface area contributed by atoms with Crippen LogP contribution in [-0.4, -0.2) is 58.0 Å². The molecular formula is C27H33N7O. The minimum absolute atomic E-state index is 0.0155. The lowest BCUT2D eigenvalue weighted by Crippen LogP contribution is -2.45. The van der Waals surface area contributed by atoms with E-state index in [1.165, 1.54) is 6.42 Å². The standard InChI is InChI=1S/C27H33N7O/c1-17-12-20(14-29-24(17)34-16-21-13-22(34)15-33(21)5)31-26-28-11-10-23(32-26)18-6-8-19(9-7-18)30-25(35)27(2,3)4/h6-12,14,21-22H,13,15-16H2,1-5H3,(H,30,35)(H,28,31,32). The number of rotatable bonds is 5. The Balaban J connectivity index is 1.27. The highest BCUT2D eigenvalue weighted by Gasteiger charge is 2.42. The van der Waals surface area contributed by atoms with Gasteiger partial charge in [0, 0.05) is 48.0 Å². The monoisotopic (exact) mass is 471 g/mol. The first-order valence-corrected chi connectivity index (χ1v) is 12.1. The van der Waals surface area contributed by atoms with Crippen LogP contribution in [0.4, 0.5) is 23.1 Å². The maximum atomic E-state index is 12.2. The van der Waals surface area contributed by atoms with Gasteiger partial charge in [0.25, 0.3) is 0 Å².